The second-order valence-corrected chi connectivity index (χ2v) is 8.36. The summed E-state index contributed by atoms with van der Waals surface area (Å²) in [6, 6.07) is 22.0. The van der Waals surface area contributed by atoms with E-state index in [0.29, 0.717) is 27.5 Å². The minimum Gasteiger partial charge on any atom is -0.322 e. The molecule has 0 aliphatic carbocycles. The monoisotopic (exact) mass is 478 g/mol. The molecule has 2 aromatic carbocycles. The van der Waals surface area contributed by atoms with E-state index in [1.807, 2.05) is 47.3 Å². The number of anilines is 1. The van der Waals surface area contributed by atoms with E-state index in [1.54, 1.807) is 47.8 Å². The van der Waals surface area contributed by atoms with Crippen LogP contribution in [-0.2, 0) is 6.18 Å². The number of rotatable bonds is 5. The first-order chi connectivity index (χ1) is 16.4. The third-order valence-electron chi connectivity index (χ3n) is 5.18. The topological polar surface area (TPSA) is 51.9 Å². The van der Waals surface area contributed by atoms with Crippen molar-refractivity contribution in [3.63, 3.8) is 0 Å². The van der Waals surface area contributed by atoms with Gasteiger partial charge in [0, 0.05) is 18.0 Å². The van der Waals surface area contributed by atoms with Gasteiger partial charge in [-0.1, -0.05) is 18.2 Å². The molecule has 0 aliphatic heterocycles. The number of para-hydroxylation sites is 2. The third kappa shape index (κ3) is 4.25. The molecule has 0 aliphatic rings. The normalized spacial score (nSPS) is 11.5. The highest BCUT2D eigenvalue weighted by molar-refractivity contribution is 7.13. The Kier molecular flexibility index (Phi) is 5.54. The molecule has 0 bridgehead atoms. The van der Waals surface area contributed by atoms with Crippen LogP contribution < -0.4 is 5.32 Å². The van der Waals surface area contributed by atoms with Crippen molar-refractivity contribution < 1.29 is 18.0 Å². The fourth-order valence-electron chi connectivity index (χ4n) is 3.56. The van der Waals surface area contributed by atoms with Crippen LogP contribution in [0, 0.1) is 0 Å². The molecule has 34 heavy (non-hydrogen) atoms. The molecule has 9 heteroatoms. The van der Waals surface area contributed by atoms with Gasteiger partial charge in [-0.2, -0.15) is 18.3 Å². The van der Waals surface area contributed by atoms with E-state index >= 15 is 0 Å². The van der Waals surface area contributed by atoms with E-state index in [9.17, 15) is 18.0 Å². The SMILES string of the molecule is O=C(Nc1ccccc1-n1cccc1)c1ccc(-n2nc(C(F)(F)F)cc2-c2cccs2)cc1. The first-order valence-electron chi connectivity index (χ1n) is 10.3. The van der Waals surface area contributed by atoms with Gasteiger partial charge in [0.05, 0.1) is 27.6 Å². The van der Waals surface area contributed by atoms with Crippen LogP contribution in [0.4, 0.5) is 18.9 Å². The molecular formula is C25H17F3N4OS. The molecule has 3 aromatic heterocycles. The molecule has 1 N–H and O–H groups in total. The molecule has 170 valence electrons. The number of carbonyl (C=O) groups is 1. The van der Waals surface area contributed by atoms with Crippen LogP contribution >= 0.6 is 11.3 Å². The molecule has 5 rings (SSSR count). The van der Waals surface area contributed by atoms with E-state index in [0.717, 1.165) is 11.8 Å². The molecule has 1 amide bonds. The molecule has 0 saturated carbocycles. The number of nitrogens with zero attached hydrogens (tertiary/aromatic N) is 3. The average molecular weight is 478 g/mol. The number of aromatic nitrogens is 3. The van der Waals surface area contributed by atoms with E-state index < -0.39 is 11.9 Å². The van der Waals surface area contributed by atoms with Gasteiger partial charge < -0.3 is 9.88 Å². The molecule has 5 nitrogen and oxygen atoms in total. The molecule has 0 saturated heterocycles. The molecule has 0 spiro atoms. The molecule has 0 atom stereocenters. The Hall–Kier alpha value is -4.11. The first-order valence-corrected chi connectivity index (χ1v) is 11.1. The number of alkyl halides is 3. The molecule has 5 aromatic rings. The van der Waals surface area contributed by atoms with Crippen molar-refractivity contribution in [1.82, 2.24) is 14.3 Å². The summed E-state index contributed by atoms with van der Waals surface area (Å²) < 4.78 is 43.1. The second-order valence-electron chi connectivity index (χ2n) is 7.41. The van der Waals surface area contributed by atoms with Gasteiger partial charge in [0.15, 0.2) is 5.69 Å². The van der Waals surface area contributed by atoms with Gasteiger partial charge in [-0.25, -0.2) is 4.68 Å². The van der Waals surface area contributed by atoms with Crippen LogP contribution in [0.5, 0.6) is 0 Å². The number of halogens is 3. The van der Waals surface area contributed by atoms with E-state index in [2.05, 4.69) is 10.4 Å². The maximum atomic E-state index is 13.3. The zero-order valence-corrected chi connectivity index (χ0v) is 18.3. The minimum atomic E-state index is -4.57. The summed E-state index contributed by atoms with van der Waals surface area (Å²) in [7, 11) is 0. The highest BCUT2D eigenvalue weighted by atomic mass is 32.1. The Morgan fingerprint density at radius 2 is 1.65 bits per heavy atom. The lowest BCUT2D eigenvalue weighted by Crippen LogP contribution is -2.14. The second kappa shape index (κ2) is 8.68. The summed E-state index contributed by atoms with van der Waals surface area (Å²) in [6.45, 7) is 0. The van der Waals surface area contributed by atoms with Crippen LogP contribution in [0.2, 0.25) is 0 Å². The van der Waals surface area contributed by atoms with E-state index in [4.69, 9.17) is 0 Å². The summed E-state index contributed by atoms with van der Waals surface area (Å²) in [5.74, 6) is -0.332. The molecule has 0 unspecified atom stereocenters. The van der Waals surface area contributed by atoms with Crippen LogP contribution in [0.3, 0.4) is 0 Å². The number of benzene rings is 2. The van der Waals surface area contributed by atoms with Crippen molar-refractivity contribution in [2.45, 2.75) is 6.18 Å². The van der Waals surface area contributed by atoms with E-state index in [1.165, 1.54) is 16.0 Å². The molecule has 3 heterocycles. The molecule has 0 radical (unpaired) electrons. The standard InChI is InChI=1S/C25H17F3N4OS/c26-25(27,28)23-16-21(22-8-5-15-34-22)32(30-23)18-11-9-17(10-12-18)24(33)29-19-6-1-2-7-20(19)31-13-3-4-14-31/h1-16H,(H,29,33). The predicted octanol–water partition coefficient (Wildman–Crippen LogP) is 6.66. The number of nitrogens with one attached hydrogen (secondary N) is 1. The van der Waals surface area contributed by atoms with Crippen LogP contribution in [0.25, 0.3) is 21.9 Å². The Bertz CT molecular complexity index is 1420. The fourth-order valence-corrected chi connectivity index (χ4v) is 4.29. The molecular weight excluding hydrogens is 461 g/mol. The lowest BCUT2D eigenvalue weighted by molar-refractivity contribution is -0.141. The van der Waals surface area contributed by atoms with Crippen molar-refractivity contribution in [2.75, 3.05) is 5.32 Å². The van der Waals surface area contributed by atoms with Crippen LogP contribution in [-0.4, -0.2) is 20.3 Å². The zero-order valence-electron chi connectivity index (χ0n) is 17.5. The van der Waals surface area contributed by atoms with Crippen molar-refractivity contribution in [2.24, 2.45) is 0 Å². The van der Waals surface area contributed by atoms with Crippen molar-refractivity contribution >= 4 is 22.9 Å². The zero-order chi connectivity index (χ0) is 23.7. The van der Waals surface area contributed by atoms with Crippen molar-refractivity contribution in [3.05, 3.63) is 108 Å². The van der Waals surface area contributed by atoms with Gasteiger partial charge in [-0.15, -0.1) is 11.3 Å². The Labute approximate surface area is 196 Å². The summed E-state index contributed by atoms with van der Waals surface area (Å²) >= 11 is 1.32. The molecule has 0 fully saturated rings. The summed E-state index contributed by atoms with van der Waals surface area (Å²) in [6.07, 6.45) is -0.807. The van der Waals surface area contributed by atoms with Gasteiger partial charge in [-0.05, 0) is 66.0 Å². The highest BCUT2D eigenvalue weighted by Gasteiger charge is 2.35. The van der Waals surface area contributed by atoms with Gasteiger partial charge in [0.1, 0.15) is 0 Å². The lowest BCUT2D eigenvalue weighted by Gasteiger charge is -2.12. The van der Waals surface area contributed by atoms with Gasteiger partial charge in [0.25, 0.3) is 5.91 Å². The number of carbonyl (C=O) groups excluding carboxylic acids is 1. The van der Waals surface area contributed by atoms with Crippen LogP contribution in [0.15, 0.2) is 96.6 Å². The largest absolute Gasteiger partial charge is 0.435 e. The number of hydrogen-bond donors (Lipinski definition) is 1. The first kappa shape index (κ1) is 21.7. The third-order valence-corrected chi connectivity index (χ3v) is 6.07. The Morgan fingerprint density at radius 1 is 0.912 bits per heavy atom. The number of amides is 1. The summed E-state index contributed by atoms with van der Waals surface area (Å²) in [4.78, 5) is 13.5. The van der Waals surface area contributed by atoms with Gasteiger partial charge in [-0.3, -0.25) is 4.79 Å². The summed E-state index contributed by atoms with van der Waals surface area (Å²) in [5.41, 5.74) is 1.60. The van der Waals surface area contributed by atoms with Crippen LogP contribution in [0.1, 0.15) is 16.1 Å². The van der Waals surface area contributed by atoms with Crippen molar-refractivity contribution in [3.8, 4) is 21.9 Å². The van der Waals surface area contributed by atoms with Gasteiger partial charge in [0.2, 0.25) is 0 Å². The predicted molar refractivity (Wildman–Crippen MR) is 126 cm³/mol. The summed E-state index contributed by atoms with van der Waals surface area (Å²) in [5, 5.41) is 8.48. The average Bonchev–Trinajstić information content (AvgIpc) is 3.60. The quantitative estimate of drug-likeness (QED) is 0.307. The maximum Gasteiger partial charge on any atom is 0.435 e. The number of hydrogen-bond acceptors (Lipinski definition) is 3. The maximum absolute atomic E-state index is 13.3. The Morgan fingerprint density at radius 3 is 2.32 bits per heavy atom. The smallest absolute Gasteiger partial charge is 0.322 e. The Balaban J connectivity index is 1.43. The van der Waals surface area contributed by atoms with E-state index in [-0.39, 0.29) is 5.91 Å². The number of thiophene rings is 1. The van der Waals surface area contributed by atoms with Crippen molar-refractivity contribution in [1.29, 1.82) is 0 Å². The minimum absolute atomic E-state index is 0.332. The fraction of sp³-hybridized carbons (Fsp3) is 0.0400. The van der Waals surface area contributed by atoms with Gasteiger partial charge >= 0.3 is 6.18 Å². The highest BCUT2D eigenvalue weighted by Crippen LogP contribution is 2.34. The lowest BCUT2D eigenvalue weighted by atomic mass is 10.1.